The molecule has 2 N–H and O–H groups in total. The predicted molar refractivity (Wildman–Crippen MR) is 365 cm³/mol. The van der Waals surface area contributed by atoms with E-state index in [9.17, 15) is 4.79 Å². The molecule has 23 nitrogen and oxygen atoms in total. The fourth-order valence-electron chi connectivity index (χ4n) is 10.6. The molecule has 1 aliphatic rings. The molecule has 0 spiro atoms. The van der Waals surface area contributed by atoms with Crippen molar-refractivity contribution in [3.8, 4) is 80.6 Å². The zero-order valence-corrected chi connectivity index (χ0v) is 69.0. The quantitative estimate of drug-likeness (QED) is 0.0377. The number of ether oxygens (including phenoxy) is 5. The molecule has 0 bridgehead atoms. The van der Waals surface area contributed by atoms with Gasteiger partial charge in [0.05, 0.1) is 129 Å². The number of benzene rings is 6. The first kappa shape index (κ1) is 98.9. The fraction of sp³-hybridized carbons (Fsp3) is 0.239. The molecule has 0 unspecified atom stereocenters. The van der Waals surface area contributed by atoms with Crippen molar-refractivity contribution >= 4 is 73.0 Å². The van der Waals surface area contributed by atoms with E-state index in [2.05, 4.69) is 58.1 Å². The van der Waals surface area contributed by atoms with Gasteiger partial charge in [0.15, 0.2) is 5.75 Å². The van der Waals surface area contributed by atoms with E-state index in [1.165, 1.54) is 12.8 Å². The Hall–Kier alpha value is -6.07. The second-order valence-electron chi connectivity index (χ2n) is 22.4. The maximum Gasteiger partial charge on any atom is 0.152 e. The van der Waals surface area contributed by atoms with Gasteiger partial charge in [-0.05, 0) is 86.7 Å². The van der Waals surface area contributed by atoms with Gasteiger partial charge in [0.2, 0.25) is 0 Å². The summed E-state index contributed by atoms with van der Waals surface area (Å²) < 4.78 is 32.4. The van der Waals surface area contributed by atoms with Crippen molar-refractivity contribution in [2.24, 2.45) is 33.0 Å². The zero-order valence-electron chi connectivity index (χ0n) is 57.5. The predicted octanol–water partition coefficient (Wildman–Crippen LogP) is 12.2. The first-order valence-corrected chi connectivity index (χ1v) is 30.3. The summed E-state index contributed by atoms with van der Waals surface area (Å²) in [5, 5.41) is 12.7. The summed E-state index contributed by atoms with van der Waals surface area (Å²) in [4.78, 5) is 51.6. The van der Waals surface area contributed by atoms with Crippen molar-refractivity contribution in [1.29, 1.82) is 0 Å². The van der Waals surface area contributed by atoms with E-state index < -0.39 is 0 Å². The van der Waals surface area contributed by atoms with Crippen LogP contribution in [0.5, 0.6) is 34.5 Å². The summed E-state index contributed by atoms with van der Waals surface area (Å²) in [6.07, 6.45) is 25.9. The number of ketones is 1. The normalized spacial score (nSPS) is 10.4. The Morgan fingerprint density at radius 2 is 0.771 bits per heavy atom. The van der Waals surface area contributed by atoms with Crippen LogP contribution in [0.3, 0.4) is 0 Å². The first-order valence-electron chi connectivity index (χ1n) is 30.3. The fourth-order valence-corrected chi connectivity index (χ4v) is 10.6. The maximum absolute atomic E-state index is 12.1. The number of carbonyl (C=O) groups excluding carboxylic acids is 1. The van der Waals surface area contributed by atoms with Crippen molar-refractivity contribution in [1.82, 2.24) is 59.2 Å². The molecule has 13 rings (SSSR count). The van der Waals surface area contributed by atoms with Crippen molar-refractivity contribution in [3.05, 3.63) is 165 Å². The number of methoxy groups -OCH3 is 5. The van der Waals surface area contributed by atoms with Crippen molar-refractivity contribution in [2.45, 2.75) is 32.6 Å². The average molecular weight is 1910 g/mol. The smallest absolute Gasteiger partial charge is 0.152 e. The third-order valence-corrected chi connectivity index (χ3v) is 15.6. The van der Waals surface area contributed by atoms with Crippen LogP contribution in [0.1, 0.15) is 32.6 Å². The minimum Gasteiger partial charge on any atom is -0.497 e. The Bertz CT molecular complexity index is 4670. The zero-order chi connectivity index (χ0) is 65.8. The number of carbonyl (C=O) groups is 1. The van der Waals surface area contributed by atoms with Gasteiger partial charge in [-0.3, -0.25) is 33.8 Å². The number of unbranched alkanes of at least 4 members (excludes halogenated alkanes) is 1. The number of anilines is 6. The van der Waals surface area contributed by atoms with Crippen molar-refractivity contribution in [3.63, 3.8) is 0 Å². The van der Waals surface area contributed by atoms with Crippen LogP contribution in [0.15, 0.2) is 165 Å². The maximum atomic E-state index is 12.1. The Morgan fingerprint density at radius 1 is 0.448 bits per heavy atom. The second kappa shape index (κ2) is 47.0. The third kappa shape index (κ3) is 25.8. The standard InChI is InChI=1S/C25H25N5O2.C23H24N6O2.C23H23N5O3.11Co/c1-5-6-7-10-30(20-11-21(31-3)14-22(12-20)32-4)19-8-9-23-24(13-19)28-25(16-26-23)18-15-27-29(2)17-18;1-28-14-16(11-26-28)23-12-25-21-6-5-17(9-22(21)27-23)29(13-15-3-4-15)18-7-19(30-2)10-20(8-18)31-24;1-15(29)13-28(18-7-19(30-3)10-20(8-18)31-4)17-5-6-21-22(9-17)26-23(12-24-21)16-11-25-27(2)14-16;;;;;;;;;;;/h1,8-9,11-17H,6-7,10H2,2-4H3;5-12,14-15H,3-4,13,24H2,1-2H3;5-12,14H,13H2,1-4H3;;;;;;;;;;;. The number of aromatic nitrogens is 12. The number of hydrogen-bond donors (Lipinski definition) is 1. The van der Waals surface area contributed by atoms with Crippen molar-refractivity contribution < 1.29 is 218 Å². The molecule has 0 saturated heterocycles. The molecule has 1 fully saturated rings. The largest absolute Gasteiger partial charge is 0.497 e. The summed E-state index contributed by atoms with van der Waals surface area (Å²) >= 11 is 0. The molecule has 0 aliphatic heterocycles. The number of nitrogens with zero attached hydrogens (tertiary/aromatic N) is 15. The summed E-state index contributed by atoms with van der Waals surface area (Å²) in [5.74, 6) is 12.8. The van der Waals surface area contributed by atoms with Gasteiger partial charge in [0.1, 0.15) is 34.5 Å². The molecule has 34 heteroatoms. The second-order valence-corrected chi connectivity index (χ2v) is 22.4. The molecular formula is C71H72Co11N16O7. The summed E-state index contributed by atoms with van der Waals surface area (Å²) in [5.41, 5.74) is 15.4. The van der Waals surface area contributed by atoms with E-state index in [-0.39, 0.29) is 197 Å². The number of fused-ring (bicyclic) bond motifs is 3. The van der Waals surface area contributed by atoms with Crippen LogP contribution in [-0.2, 0) is 211 Å². The molecule has 6 aromatic carbocycles. The molecule has 6 heterocycles. The minimum absolute atomic E-state index is 0. The van der Waals surface area contributed by atoms with E-state index >= 15 is 0 Å². The molecule has 1 aliphatic carbocycles. The summed E-state index contributed by atoms with van der Waals surface area (Å²) in [6, 6.07) is 35.0. The molecule has 0 atom stereocenters. The van der Waals surface area contributed by atoms with Gasteiger partial charge >= 0.3 is 0 Å². The van der Waals surface area contributed by atoms with E-state index in [1.807, 2.05) is 130 Å². The molecular weight excluding hydrogens is 1840 g/mol. The SMILES string of the molecule is C#CCCCN(c1cc(OC)cc(OC)c1)c1ccc2ncc(-c3cnn(C)c3)nc2c1.COc1cc(OC)cc(N(CC(C)=O)c2ccc3ncc(-c4cnn(C)c4)nc3c2)c1.COc1cc(ON)cc(N(CC2CC2)c2ccc3ncc(-c4cnn(C)c4)nc3c2)c1.[Co].[Co].[Co].[Co].[Co].[Co].[Co].[Co].[Co].[Co].[Co]. The topological polar surface area (TPSA) is 239 Å². The van der Waals surface area contributed by atoms with Crippen LogP contribution in [0.25, 0.3) is 66.9 Å². The van der Waals surface area contributed by atoms with E-state index in [0.29, 0.717) is 35.3 Å². The molecule has 11 radical (unpaired) electrons. The molecule has 12 aromatic rings. The van der Waals surface area contributed by atoms with Gasteiger partial charge in [0, 0.05) is 349 Å². The van der Waals surface area contributed by atoms with Crippen LogP contribution >= 0.6 is 0 Å². The van der Waals surface area contributed by atoms with E-state index in [0.717, 1.165) is 132 Å². The first-order chi connectivity index (χ1) is 45.7. The molecule has 6 aromatic heterocycles. The number of rotatable bonds is 22. The van der Waals surface area contributed by atoms with E-state index in [4.69, 9.17) is 55.8 Å². The number of Topliss-reactive ketones (excluding diaryl/α,β-unsaturated/α-hetero) is 1. The van der Waals surface area contributed by atoms with Gasteiger partial charge in [-0.25, -0.2) is 15.0 Å². The summed E-state index contributed by atoms with van der Waals surface area (Å²) in [6.45, 7) is 3.39. The number of nitrogens with two attached hydrogens (primary N) is 1. The molecule has 577 valence electrons. The van der Waals surface area contributed by atoms with Crippen LogP contribution < -0.4 is 49.1 Å². The number of hydrogen-bond acceptors (Lipinski definition) is 20. The van der Waals surface area contributed by atoms with Crippen molar-refractivity contribution in [2.75, 3.05) is 69.9 Å². The van der Waals surface area contributed by atoms with Gasteiger partial charge in [-0.1, -0.05) is 0 Å². The van der Waals surface area contributed by atoms with Gasteiger partial charge in [0.25, 0.3) is 0 Å². The minimum atomic E-state index is 0. The Kier molecular flexibility index (Phi) is 44.3. The van der Waals surface area contributed by atoms with Crippen LogP contribution in [0.2, 0.25) is 0 Å². The molecule has 105 heavy (non-hydrogen) atoms. The van der Waals surface area contributed by atoms with Gasteiger partial charge in [-0.2, -0.15) is 21.2 Å². The van der Waals surface area contributed by atoms with E-state index in [1.54, 1.807) is 106 Å². The average Bonchev–Trinajstić information content (AvgIpc) is 1.79. The Labute approximate surface area is 723 Å². The van der Waals surface area contributed by atoms with Gasteiger partial charge in [-0.15, -0.1) is 12.3 Å². The Morgan fingerprint density at radius 3 is 1.09 bits per heavy atom. The third-order valence-electron chi connectivity index (χ3n) is 15.6. The van der Waals surface area contributed by atoms with Crippen LogP contribution in [0.4, 0.5) is 34.1 Å². The van der Waals surface area contributed by atoms with Crippen LogP contribution in [-0.4, -0.2) is 120 Å². The molecule has 0 amide bonds. The number of terminal acetylenes is 1. The van der Waals surface area contributed by atoms with Crippen LogP contribution in [0, 0.1) is 18.3 Å². The number of aryl methyl sites for hydroxylation is 3. The monoisotopic (exact) mass is 1910 g/mol. The Balaban J connectivity index is 0.00000147. The molecule has 1 saturated carbocycles. The van der Waals surface area contributed by atoms with Gasteiger partial charge < -0.3 is 43.2 Å². The summed E-state index contributed by atoms with van der Waals surface area (Å²) in [7, 11) is 13.7.